The van der Waals surface area contributed by atoms with Gasteiger partial charge in [0, 0.05) is 12.8 Å². The fourth-order valence-corrected chi connectivity index (χ4v) is 10.7. The number of ether oxygens (including phenoxy) is 3. The lowest BCUT2D eigenvalue weighted by atomic mass is 9.99. The van der Waals surface area contributed by atoms with E-state index >= 15 is 0 Å². The minimum atomic E-state index is -1.57. The third-order valence-electron chi connectivity index (χ3n) is 16.1. The van der Waals surface area contributed by atoms with E-state index in [9.17, 15) is 35.1 Å². The zero-order chi connectivity index (χ0) is 56.6. The van der Waals surface area contributed by atoms with Crippen LogP contribution in [0.5, 0.6) is 0 Å². The van der Waals surface area contributed by atoms with Crippen LogP contribution in [0.3, 0.4) is 0 Å². The summed E-state index contributed by atoms with van der Waals surface area (Å²) in [6, 6.07) is -0.805. The molecule has 0 aromatic rings. The van der Waals surface area contributed by atoms with Gasteiger partial charge >= 0.3 is 5.97 Å². The number of aliphatic hydroxyl groups is 5. The topological polar surface area (TPSA) is 175 Å². The summed E-state index contributed by atoms with van der Waals surface area (Å²) in [4.78, 5) is 25.0. The summed E-state index contributed by atoms with van der Waals surface area (Å²) in [6.07, 6.45) is 60.4. The minimum Gasteiger partial charge on any atom is -0.466 e. The Morgan fingerprint density at radius 3 is 1.27 bits per heavy atom. The van der Waals surface area contributed by atoms with Gasteiger partial charge in [0.1, 0.15) is 24.4 Å². The average Bonchev–Trinajstić information content (AvgIpc) is 3.45. The van der Waals surface area contributed by atoms with E-state index in [4.69, 9.17) is 14.2 Å². The third kappa shape index (κ3) is 45.7. The first-order chi connectivity index (χ1) is 38.2. The van der Waals surface area contributed by atoms with Gasteiger partial charge in [0.05, 0.1) is 32.0 Å². The molecule has 1 heterocycles. The van der Waals surface area contributed by atoms with Crippen molar-refractivity contribution in [2.45, 2.75) is 371 Å². The number of amides is 1. The first-order valence-corrected chi connectivity index (χ1v) is 33.6. The number of unbranched alkanes of at least 4 members (excludes halogenated alkanes) is 43. The Kier molecular flexibility index (Phi) is 54.2. The standard InChI is InChI=1S/C67H127NO10/c1-3-5-7-9-11-13-34-39-43-47-51-55-63(72)76-56-52-48-44-40-36-33-31-29-27-25-23-21-19-17-15-14-16-18-20-22-24-26-28-30-32-35-38-42-46-50-54-62(71)68-59(60(70)53-49-45-41-37-12-10-8-6-4-2)58-77-67-66(75)65(74)64(73)61(57-69)78-67/h9,11,49,53,59-61,64-67,69-70,73-75H,3-8,10,12-48,50-52,54-58H2,1-2H3,(H,68,71)/b11-9-,53-49+. The van der Waals surface area contributed by atoms with Crippen molar-refractivity contribution in [1.82, 2.24) is 5.32 Å². The number of nitrogens with one attached hydrogen (secondary N) is 1. The third-order valence-corrected chi connectivity index (χ3v) is 16.1. The summed E-state index contributed by atoms with van der Waals surface area (Å²) in [6.45, 7) is 4.31. The number of carbonyl (C=O) groups excluding carboxylic acids is 2. The van der Waals surface area contributed by atoms with Gasteiger partial charge < -0.3 is 45.1 Å². The molecule has 1 rings (SSSR count). The molecular weight excluding hydrogens is 979 g/mol. The van der Waals surface area contributed by atoms with Crippen molar-refractivity contribution in [3.05, 3.63) is 24.3 Å². The van der Waals surface area contributed by atoms with Crippen LogP contribution in [0.25, 0.3) is 0 Å². The highest BCUT2D eigenvalue weighted by Crippen LogP contribution is 2.23. The van der Waals surface area contributed by atoms with E-state index in [1.807, 2.05) is 6.08 Å². The Hall–Kier alpha value is -1.86. The molecule has 0 aromatic heterocycles. The highest BCUT2D eigenvalue weighted by molar-refractivity contribution is 5.76. The van der Waals surface area contributed by atoms with E-state index in [2.05, 4.69) is 31.3 Å². The summed E-state index contributed by atoms with van der Waals surface area (Å²) < 4.78 is 16.7. The minimum absolute atomic E-state index is 0.000844. The van der Waals surface area contributed by atoms with Gasteiger partial charge in [-0.2, -0.15) is 0 Å². The monoisotopic (exact) mass is 1110 g/mol. The molecule has 0 spiro atoms. The van der Waals surface area contributed by atoms with Gasteiger partial charge in [-0.3, -0.25) is 9.59 Å². The largest absolute Gasteiger partial charge is 0.466 e. The van der Waals surface area contributed by atoms with Crippen LogP contribution in [-0.4, -0.2) is 100 Å². The molecule has 0 bridgehead atoms. The number of esters is 1. The van der Waals surface area contributed by atoms with Gasteiger partial charge in [0.25, 0.3) is 0 Å². The van der Waals surface area contributed by atoms with Crippen LogP contribution in [0.1, 0.15) is 328 Å². The van der Waals surface area contributed by atoms with Crippen molar-refractivity contribution in [3.8, 4) is 0 Å². The predicted molar refractivity (Wildman–Crippen MR) is 324 cm³/mol. The maximum absolute atomic E-state index is 13.0. The van der Waals surface area contributed by atoms with Gasteiger partial charge in [-0.1, -0.05) is 289 Å². The molecule has 11 nitrogen and oxygen atoms in total. The molecule has 7 atom stereocenters. The van der Waals surface area contributed by atoms with Crippen LogP contribution < -0.4 is 5.32 Å². The first kappa shape index (κ1) is 74.2. The second kappa shape index (κ2) is 57.0. The van der Waals surface area contributed by atoms with Crippen LogP contribution in [0.4, 0.5) is 0 Å². The van der Waals surface area contributed by atoms with Crippen molar-refractivity contribution in [3.63, 3.8) is 0 Å². The SMILES string of the molecule is CCCC/C=C\CCCCCCCC(=O)OCCCCCCCCCCCCCCCCCCCCCCCCCCCCCCCCC(=O)NC(COC1OC(CO)C(O)C(O)C1O)C(O)/C=C/CCCCCCCCC. The second-order valence-corrected chi connectivity index (χ2v) is 23.5. The molecule has 78 heavy (non-hydrogen) atoms. The van der Waals surface area contributed by atoms with E-state index in [0.29, 0.717) is 19.4 Å². The zero-order valence-electron chi connectivity index (χ0n) is 50.9. The maximum atomic E-state index is 13.0. The number of aliphatic hydroxyl groups excluding tert-OH is 5. The van der Waals surface area contributed by atoms with Gasteiger partial charge in [0.2, 0.25) is 5.91 Å². The van der Waals surface area contributed by atoms with E-state index in [1.165, 1.54) is 244 Å². The molecule has 0 radical (unpaired) electrons. The van der Waals surface area contributed by atoms with Crippen LogP contribution in [0, 0.1) is 0 Å². The van der Waals surface area contributed by atoms with Gasteiger partial charge in [0.15, 0.2) is 6.29 Å². The van der Waals surface area contributed by atoms with E-state index in [-0.39, 0.29) is 18.5 Å². The number of allylic oxidation sites excluding steroid dienone is 3. The number of hydrogen-bond acceptors (Lipinski definition) is 10. The molecule has 460 valence electrons. The fraction of sp³-hybridized carbons (Fsp3) is 0.910. The second-order valence-electron chi connectivity index (χ2n) is 23.5. The molecule has 6 N–H and O–H groups in total. The summed E-state index contributed by atoms with van der Waals surface area (Å²) in [5.41, 5.74) is 0. The summed E-state index contributed by atoms with van der Waals surface area (Å²) in [7, 11) is 0. The Morgan fingerprint density at radius 2 is 0.833 bits per heavy atom. The van der Waals surface area contributed by atoms with Gasteiger partial charge in [-0.25, -0.2) is 0 Å². The van der Waals surface area contributed by atoms with E-state index in [0.717, 1.165) is 57.8 Å². The Morgan fingerprint density at radius 1 is 0.462 bits per heavy atom. The molecule has 11 heteroatoms. The highest BCUT2D eigenvalue weighted by Gasteiger charge is 2.44. The first-order valence-electron chi connectivity index (χ1n) is 33.6. The lowest BCUT2D eigenvalue weighted by Gasteiger charge is -2.40. The molecule has 1 aliphatic heterocycles. The summed E-state index contributed by atoms with van der Waals surface area (Å²) in [5.74, 6) is -0.178. The number of carbonyl (C=O) groups is 2. The molecule has 0 aromatic carbocycles. The fourth-order valence-electron chi connectivity index (χ4n) is 10.7. The Labute approximate surface area is 480 Å². The smallest absolute Gasteiger partial charge is 0.305 e. The van der Waals surface area contributed by atoms with Crippen LogP contribution in [0.15, 0.2) is 24.3 Å². The lowest BCUT2D eigenvalue weighted by molar-refractivity contribution is -0.302. The van der Waals surface area contributed by atoms with Crippen molar-refractivity contribution in [1.29, 1.82) is 0 Å². The van der Waals surface area contributed by atoms with Gasteiger partial charge in [-0.15, -0.1) is 0 Å². The highest BCUT2D eigenvalue weighted by atomic mass is 16.7. The average molecular weight is 1110 g/mol. The Bertz CT molecular complexity index is 1350. The van der Waals surface area contributed by atoms with Crippen molar-refractivity contribution in [2.24, 2.45) is 0 Å². The summed E-state index contributed by atoms with van der Waals surface area (Å²) >= 11 is 0. The van der Waals surface area contributed by atoms with Gasteiger partial charge in [-0.05, 0) is 51.4 Å². The van der Waals surface area contributed by atoms with E-state index in [1.54, 1.807) is 6.08 Å². The van der Waals surface area contributed by atoms with Crippen molar-refractivity contribution < 1.29 is 49.3 Å². The molecule has 1 saturated heterocycles. The van der Waals surface area contributed by atoms with Crippen molar-refractivity contribution >= 4 is 11.9 Å². The van der Waals surface area contributed by atoms with Crippen LogP contribution in [-0.2, 0) is 23.8 Å². The number of rotatable bonds is 59. The molecule has 1 amide bonds. The zero-order valence-corrected chi connectivity index (χ0v) is 50.9. The summed E-state index contributed by atoms with van der Waals surface area (Å²) in [5, 5.41) is 54.3. The Balaban J connectivity index is 1.92. The van der Waals surface area contributed by atoms with Crippen LogP contribution in [0.2, 0.25) is 0 Å². The van der Waals surface area contributed by atoms with Crippen LogP contribution >= 0.6 is 0 Å². The molecule has 1 aliphatic rings. The molecule has 7 unspecified atom stereocenters. The molecular formula is C67H127NO10. The van der Waals surface area contributed by atoms with Crippen molar-refractivity contribution in [2.75, 3.05) is 19.8 Å². The maximum Gasteiger partial charge on any atom is 0.305 e. The lowest BCUT2D eigenvalue weighted by Crippen LogP contribution is -2.60. The normalized spacial score (nSPS) is 18.6. The van der Waals surface area contributed by atoms with E-state index < -0.39 is 49.5 Å². The predicted octanol–water partition coefficient (Wildman–Crippen LogP) is 16.5. The number of hydrogen-bond donors (Lipinski definition) is 6. The molecule has 0 saturated carbocycles. The quantitative estimate of drug-likeness (QED) is 0.0195. The molecule has 0 aliphatic carbocycles. The molecule has 1 fully saturated rings.